The van der Waals surface area contributed by atoms with E-state index in [1.807, 2.05) is 37.3 Å². The third kappa shape index (κ3) is 10.4. The molecule has 1 heterocycles. The van der Waals surface area contributed by atoms with Gasteiger partial charge >= 0.3 is 24.1 Å². The second kappa shape index (κ2) is 13.9. The molecule has 0 saturated carbocycles. The molecule has 1 aliphatic heterocycles. The van der Waals surface area contributed by atoms with Gasteiger partial charge in [0.2, 0.25) is 0 Å². The number of carbonyl (C=O) groups is 4. The molecule has 1 aromatic carbocycles. The quantitative estimate of drug-likeness (QED) is 0.325. The number of nitrogens with one attached hydrogen (secondary N) is 7. The van der Waals surface area contributed by atoms with Gasteiger partial charge in [0.25, 0.3) is 0 Å². The van der Waals surface area contributed by atoms with Crippen LogP contribution >= 0.6 is 0 Å². The van der Waals surface area contributed by atoms with Crippen molar-refractivity contribution < 1.29 is 19.2 Å². The maximum atomic E-state index is 13.1. The molecule has 194 valence electrons. The first-order valence-electron chi connectivity index (χ1n) is 11.9. The zero-order valence-electron chi connectivity index (χ0n) is 20.8. The summed E-state index contributed by atoms with van der Waals surface area (Å²) in [6.45, 7) is 8.37. The molecule has 12 heteroatoms. The van der Waals surface area contributed by atoms with Gasteiger partial charge in [-0.1, -0.05) is 30.3 Å². The predicted octanol–water partition coefficient (Wildman–Crippen LogP) is 0.663. The van der Waals surface area contributed by atoms with E-state index in [0.29, 0.717) is 6.54 Å². The van der Waals surface area contributed by atoms with Crippen molar-refractivity contribution in [2.45, 2.75) is 58.4 Å². The van der Waals surface area contributed by atoms with E-state index in [0.717, 1.165) is 5.56 Å². The van der Waals surface area contributed by atoms with E-state index in [9.17, 15) is 19.2 Å². The molecule has 0 aliphatic carbocycles. The summed E-state index contributed by atoms with van der Waals surface area (Å²) in [4.78, 5) is 51.3. The van der Waals surface area contributed by atoms with Crippen molar-refractivity contribution in [2.75, 3.05) is 26.2 Å². The lowest BCUT2D eigenvalue weighted by atomic mass is 10.2. The van der Waals surface area contributed by atoms with Crippen LogP contribution in [0.1, 0.15) is 33.3 Å². The summed E-state index contributed by atoms with van der Waals surface area (Å²) >= 11 is 0. The van der Waals surface area contributed by atoms with Crippen molar-refractivity contribution in [3.63, 3.8) is 0 Å². The number of urea groups is 4. The molecule has 0 unspecified atom stereocenters. The van der Waals surface area contributed by atoms with Gasteiger partial charge in [0, 0.05) is 56.9 Å². The molecule has 0 bridgehead atoms. The third-order valence-corrected chi connectivity index (χ3v) is 5.38. The average Bonchev–Trinajstić information content (AvgIpc) is 2.82. The largest absolute Gasteiger partial charge is 0.336 e. The highest BCUT2D eigenvalue weighted by molar-refractivity contribution is 5.77. The second-order valence-electron chi connectivity index (χ2n) is 8.91. The molecule has 4 atom stereocenters. The van der Waals surface area contributed by atoms with E-state index in [1.165, 1.54) is 0 Å². The Labute approximate surface area is 206 Å². The number of hydrogen-bond acceptors (Lipinski definition) is 4. The smallest absolute Gasteiger partial charge is 0.318 e. The van der Waals surface area contributed by atoms with Gasteiger partial charge in [-0.15, -0.1) is 0 Å². The molecule has 1 fully saturated rings. The lowest BCUT2D eigenvalue weighted by Gasteiger charge is -2.30. The fourth-order valence-electron chi connectivity index (χ4n) is 3.37. The van der Waals surface area contributed by atoms with Crippen LogP contribution in [0.25, 0.3) is 0 Å². The first-order valence-corrected chi connectivity index (χ1v) is 11.9. The molecule has 0 spiro atoms. The van der Waals surface area contributed by atoms with Crippen molar-refractivity contribution in [1.82, 2.24) is 42.1 Å². The van der Waals surface area contributed by atoms with Crippen molar-refractivity contribution in [3.05, 3.63) is 35.9 Å². The van der Waals surface area contributed by atoms with Crippen LogP contribution in [-0.2, 0) is 6.54 Å². The van der Waals surface area contributed by atoms with Crippen LogP contribution < -0.4 is 37.2 Å². The van der Waals surface area contributed by atoms with E-state index >= 15 is 0 Å². The van der Waals surface area contributed by atoms with Gasteiger partial charge in [0.1, 0.15) is 0 Å². The summed E-state index contributed by atoms with van der Waals surface area (Å²) in [5.74, 6) is 0. The SMILES string of the molecule is C[C@@H]1CNC(=O)N[C@@H](C)CNC(=O)N(Cc2ccccc2)[C@H](C)CNC(=O)N[C@@H](C)CNC(=O)N1. The van der Waals surface area contributed by atoms with E-state index in [-0.39, 0.29) is 56.4 Å². The lowest BCUT2D eigenvalue weighted by molar-refractivity contribution is 0.172. The molecule has 1 aromatic rings. The van der Waals surface area contributed by atoms with Crippen LogP contribution in [0.3, 0.4) is 0 Å². The highest BCUT2D eigenvalue weighted by Crippen LogP contribution is 2.09. The number of amides is 8. The van der Waals surface area contributed by atoms with Crippen LogP contribution in [0.2, 0.25) is 0 Å². The fourth-order valence-corrected chi connectivity index (χ4v) is 3.37. The zero-order chi connectivity index (χ0) is 25.8. The maximum Gasteiger partial charge on any atom is 0.318 e. The Morgan fingerprint density at radius 3 is 1.57 bits per heavy atom. The second-order valence-corrected chi connectivity index (χ2v) is 8.91. The zero-order valence-corrected chi connectivity index (χ0v) is 20.8. The van der Waals surface area contributed by atoms with E-state index < -0.39 is 18.1 Å². The number of nitrogens with zero attached hydrogens (tertiary/aromatic N) is 1. The lowest BCUT2D eigenvalue weighted by Crippen LogP contribution is -2.55. The van der Waals surface area contributed by atoms with Crippen molar-refractivity contribution in [2.24, 2.45) is 0 Å². The van der Waals surface area contributed by atoms with Crippen molar-refractivity contribution in [1.29, 1.82) is 0 Å². The maximum absolute atomic E-state index is 13.1. The third-order valence-electron chi connectivity index (χ3n) is 5.38. The van der Waals surface area contributed by atoms with E-state index in [2.05, 4.69) is 37.2 Å². The minimum atomic E-state index is -0.399. The van der Waals surface area contributed by atoms with Crippen LogP contribution in [0.5, 0.6) is 0 Å². The summed E-state index contributed by atoms with van der Waals surface area (Å²) in [6, 6.07) is 6.76. The number of benzene rings is 1. The van der Waals surface area contributed by atoms with Crippen molar-refractivity contribution >= 4 is 24.1 Å². The Morgan fingerprint density at radius 2 is 1.09 bits per heavy atom. The predicted molar refractivity (Wildman–Crippen MR) is 133 cm³/mol. The summed E-state index contributed by atoms with van der Waals surface area (Å²) < 4.78 is 0. The number of carbonyl (C=O) groups excluding carboxylic acids is 4. The van der Waals surface area contributed by atoms with Crippen molar-refractivity contribution in [3.8, 4) is 0 Å². The number of rotatable bonds is 2. The van der Waals surface area contributed by atoms with Gasteiger partial charge in [0.15, 0.2) is 0 Å². The summed E-state index contributed by atoms with van der Waals surface area (Å²) in [6.07, 6.45) is 0. The van der Waals surface area contributed by atoms with Gasteiger partial charge < -0.3 is 42.1 Å². The Morgan fingerprint density at radius 1 is 0.657 bits per heavy atom. The van der Waals surface area contributed by atoms with Crippen LogP contribution in [-0.4, -0.2) is 79.4 Å². The van der Waals surface area contributed by atoms with Crippen LogP contribution in [0, 0.1) is 0 Å². The molecule has 35 heavy (non-hydrogen) atoms. The first-order chi connectivity index (χ1) is 16.6. The Bertz CT molecular complexity index is 853. The van der Waals surface area contributed by atoms with Gasteiger partial charge in [-0.3, -0.25) is 0 Å². The molecule has 1 aliphatic rings. The molecular weight excluding hydrogens is 452 g/mol. The van der Waals surface area contributed by atoms with Gasteiger partial charge in [-0.05, 0) is 33.3 Å². The monoisotopic (exact) mass is 490 g/mol. The molecule has 0 radical (unpaired) electrons. The molecule has 2 rings (SSSR count). The van der Waals surface area contributed by atoms with Gasteiger partial charge in [-0.2, -0.15) is 0 Å². The van der Waals surface area contributed by atoms with Gasteiger partial charge in [0.05, 0.1) is 0 Å². The summed E-state index contributed by atoms with van der Waals surface area (Å²) in [5, 5.41) is 19.3. The summed E-state index contributed by atoms with van der Waals surface area (Å²) in [7, 11) is 0. The fraction of sp³-hybridized carbons (Fsp3) is 0.565. The van der Waals surface area contributed by atoms with E-state index in [4.69, 9.17) is 0 Å². The molecule has 7 N–H and O–H groups in total. The molecular formula is C23H38N8O4. The minimum absolute atomic E-state index is 0.214. The molecule has 0 aromatic heterocycles. The topological polar surface area (TPSA) is 156 Å². The number of hydrogen-bond donors (Lipinski definition) is 7. The minimum Gasteiger partial charge on any atom is -0.336 e. The average molecular weight is 491 g/mol. The van der Waals surface area contributed by atoms with Crippen LogP contribution in [0.15, 0.2) is 30.3 Å². The Balaban J connectivity index is 2.10. The van der Waals surface area contributed by atoms with Gasteiger partial charge in [-0.25, -0.2) is 19.2 Å². The Kier molecular flexibility index (Phi) is 10.9. The Hall–Kier alpha value is -3.70. The highest BCUT2D eigenvalue weighted by Gasteiger charge is 2.22. The standard InChI is InChI=1S/C23H38N8O4/c1-15-10-25-21(33)30-17(3)12-27-23(35)31(14-19-8-6-5-7-9-19)18(4)13-26-22(34)29-16(2)11-24-20(32)28-15/h5-9,15-18H,10-14H2,1-4H3,(H,27,35)(H2,24,28,32)(H2,25,30,33)(H2,26,29,34)/t15-,16+,17+,18-/m1/s1. The van der Waals surface area contributed by atoms with Crippen LogP contribution in [0.4, 0.5) is 19.2 Å². The first kappa shape index (κ1) is 27.5. The molecule has 12 nitrogen and oxygen atoms in total. The van der Waals surface area contributed by atoms with E-state index in [1.54, 1.807) is 25.7 Å². The normalized spacial score (nSPS) is 26.0. The molecule has 1 saturated heterocycles. The molecule has 8 amide bonds. The summed E-state index contributed by atoms with van der Waals surface area (Å²) in [5.41, 5.74) is 0.950. The highest BCUT2D eigenvalue weighted by atomic mass is 16.2.